The number of imidazole rings is 1. The Morgan fingerprint density at radius 1 is 0.807 bits per heavy atom. The number of aromatic nitrogens is 4. The van der Waals surface area contributed by atoms with Gasteiger partial charge in [0.25, 0.3) is 0 Å². The Labute approximate surface area is 508 Å². The number of allylic oxidation sites excluding steroid dienone is 6. The van der Waals surface area contributed by atoms with E-state index in [1.807, 2.05) is 54.5 Å². The van der Waals surface area contributed by atoms with Crippen LogP contribution in [0.3, 0.4) is 0 Å². The summed E-state index contributed by atoms with van der Waals surface area (Å²) in [6.07, 6.45) is -2.55. The minimum atomic E-state index is -5.06. The number of aliphatic hydroxyl groups excluding tert-OH is 2. The number of nitrogen functional groups attached to an aromatic ring is 1. The maximum atomic E-state index is 14.2. The largest absolute Gasteiger partial charge is 0.472 e. The van der Waals surface area contributed by atoms with Crippen LogP contribution in [0, 0.1) is 45.3 Å². The third-order valence-electron chi connectivity index (χ3n) is 19.6. The number of nitrogens with two attached hydrogens (primary N) is 7. The summed E-state index contributed by atoms with van der Waals surface area (Å²) in [5.41, 5.74) is 40.4. The summed E-state index contributed by atoms with van der Waals surface area (Å²) in [5.74, 6) is -7.25. The highest BCUT2D eigenvalue weighted by Crippen LogP contribution is 2.62. The van der Waals surface area contributed by atoms with Gasteiger partial charge in [-0.1, -0.05) is 34.6 Å². The van der Waals surface area contributed by atoms with Crippen LogP contribution in [0.25, 0.3) is 11.2 Å². The topological polar surface area (TPSA) is 512 Å². The van der Waals surface area contributed by atoms with Gasteiger partial charge in [-0.05, 0) is 63.7 Å². The molecule has 0 aromatic carbocycles. The zero-order chi connectivity index (χ0) is 65.0. The van der Waals surface area contributed by atoms with Crippen molar-refractivity contribution in [3.63, 3.8) is 0 Å². The minimum Gasteiger partial charge on any atom is -0.394 e. The molecule has 0 saturated carbocycles. The molecule has 0 aliphatic carbocycles. The fourth-order valence-electron chi connectivity index (χ4n) is 14.9. The second-order valence-corrected chi connectivity index (χ2v) is 27.0. The molecule has 31 heteroatoms. The van der Waals surface area contributed by atoms with Crippen LogP contribution >= 0.6 is 7.82 Å². The zero-order valence-corrected chi connectivity index (χ0v) is 51.7. The summed E-state index contributed by atoms with van der Waals surface area (Å²) in [5, 5.41) is 27.8. The molecule has 0 radical (unpaired) electrons. The maximum Gasteiger partial charge on any atom is 0.472 e. The Morgan fingerprint density at radius 2 is 1.43 bits per heavy atom. The van der Waals surface area contributed by atoms with Crippen LogP contribution in [-0.2, 0) is 51.9 Å². The molecule has 480 valence electrons. The van der Waals surface area contributed by atoms with Crippen molar-refractivity contribution < 1.29 is 67.0 Å². The van der Waals surface area contributed by atoms with Crippen LogP contribution in [0.1, 0.15) is 132 Å². The summed E-state index contributed by atoms with van der Waals surface area (Å²) in [6, 6.07) is -1.05. The Bertz CT molecular complexity index is 3450. The molecule has 14 atom stereocenters. The van der Waals surface area contributed by atoms with Gasteiger partial charge in [-0.15, -0.1) is 0 Å². The van der Waals surface area contributed by atoms with Crippen LogP contribution in [-0.4, -0.2) is 143 Å². The summed E-state index contributed by atoms with van der Waals surface area (Å²) in [6.45, 7) is 13.3. The summed E-state index contributed by atoms with van der Waals surface area (Å²) in [7, 11) is -5.06. The summed E-state index contributed by atoms with van der Waals surface area (Å²) < 4.78 is 31.2. The van der Waals surface area contributed by atoms with Gasteiger partial charge in [0.15, 0.2) is 17.7 Å². The van der Waals surface area contributed by atoms with E-state index in [4.69, 9.17) is 68.9 Å². The molecule has 8 heterocycles. The van der Waals surface area contributed by atoms with Crippen molar-refractivity contribution in [2.45, 2.75) is 162 Å². The highest BCUT2D eigenvalue weighted by molar-refractivity contribution is 7.47. The van der Waals surface area contributed by atoms with E-state index >= 15 is 0 Å². The SMILES string of the molecule is CC1=C2N=C(C=C3NC(=C(C)C4=N[C@@](C)([C@@H]5N=C1[C@](C)(CCC(=O)NCCOP(=O)(O)O[C@H]1[C@@H](O)[C@@H](n6cnc7ncnc(N)c76)O[C@@H]1CO)[C@H]5CC(N)=O)[C@@](C)(CC(N)=O)[C@@H]4CCC(N)=O)[C@@](C)(CC(N)=O)[C@@H]3CCC(N)=O)C(C)(C)[C@@H]2CCC(N)=O. The molecule has 8 bridgehead atoms. The van der Waals surface area contributed by atoms with Crippen molar-refractivity contribution in [2.75, 3.05) is 25.5 Å². The van der Waals surface area contributed by atoms with Gasteiger partial charge in [0.1, 0.15) is 36.5 Å². The first-order valence-electron chi connectivity index (χ1n) is 29.2. The standard InChI is InChI=1S/C57H83N16O14P/c1-26-42-29(10-13-36(59)76)53(3,4)34(70-42)20-32-28(9-12-35(58)75)55(6,21-39(62)79)48(69-32)27(2)43-30(11-14-37(60)77)56(7,22-40(63)80)57(8,72-43)49-31(19-38(61)78)54(5,47(26)71-49)16-15-41(81)65-17-18-85-88(83,84)87-46-33(23-74)86-52(45(46)82)73-25-68-51-44(73)50(64)66-24-67-51/h20,24-25,28-31,33,45-46,49,52,69,74,82H,9-19,21-23H2,1-8H3,(H2,58,75)(H2,59,76)(H2,60,77)(H2,61,78)(H2,62,79)(H2,63,80)(H,65,81)(H,83,84)(H2,64,66,67)/t28-,29-,30-,31+,33-,45-,46-,49-,52+,54-,55+,56+,57+/m1/s1. The van der Waals surface area contributed by atoms with Crippen molar-refractivity contribution in [1.29, 1.82) is 0 Å². The highest BCUT2D eigenvalue weighted by atomic mass is 31.2. The van der Waals surface area contributed by atoms with Crippen molar-refractivity contribution >= 4 is 83.3 Å². The number of fused-ring (bicyclic) bond motifs is 7. The predicted octanol–water partition coefficient (Wildman–Crippen LogP) is 0.530. The molecule has 1 unspecified atom stereocenters. The number of nitrogens with zero attached hydrogens (tertiary/aromatic N) is 7. The lowest BCUT2D eigenvalue weighted by molar-refractivity contribution is -0.124. The molecule has 30 nitrogen and oxygen atoms in total. The van der Waals surface area contributed by atoms with E-state index in [-0.39, 0.29) is 94.2 Å². The first-order chi connectivity index (χ1) is 41.0. The monoisotopic (exact) mass is 1250 g/mol. The van der Waals surface area contributed by atoms with Crippen molar-refractivity contribution in [1.82, 2.24) is 30.2 Å². The molecule has 6 aliphatic heterocycles. The average molecular weight is 1250 g/mol. The van der Waals surface area contributed by atoms with Crippen LogP contribution < -0.4 is 50.8 Å². The fraction of sp³-hybridized carbons (Fsp3) is 0.632. The van der Waals surface area contributed by atoms with E-state index in [1.54, 1.807) is 6.92 Å². The quantitative estimate of drug-likeness (QED) is 0.0451. The van der Waals surface area contributed by atoms with Crippen LogP contribution in [0.5, 0.6) is 0 Å². The van der Waals surface area contributed by atoms with Crippen LogP contribution in [0.15, 0.2) is 61.9 Å². The number of aliphatic hydroxyl groups is 2. The van der Waals surface area contributed by atoms with E-state index in [0.717, 1.165) is 0 Å². The number of rotatable bonds is 26. The third kappa shape index (κ3) is 12.4. The first kappa shape index (κ1) is 66.6. The van der Waals surface area contributed by atoms with Crippen LogP contribution in [0.2, 0.25) is 0 Å². The van der Waals surface area contributed by atoms with E-state index in [2.05, 4.69) is 25.6 Å². The Hall–Kier alpha value is -7.34. The lowest BCUT2D eigenvalue weighted by Crippen LogP contribution is -2.56. The Kier molecular flexibility index (Phi) is 18.9. The van der Waals surface area contributed by atoms with Gasteiger partial charge < -0.3 is 70.6 Å². The number of aliphatic imine (C=N–C) groups is 3. The molecular weight excluding hydrogens is 1160 g/mol. The van der Waals surface area contributed by atoms with E-state index in [0.29, 0.717) is 45.4 Å². The maximum absolute atomic E-state index is 14.2. The highest BCUT2D eigenvalue weighted by Gasteiger charge is 2.66. The van der Waals surface area contributed by atoms with Gasteiger partial charge in [-0.25, -0.2) is 19.5 Å². The van der Waals surface area contributed by atoms with Gasteiger partial charge in [0.2, 0.25) is 41.4 Å². The fourth-order valence-corrected chi connectivity index (χ4v) is 15.8. The van der Waals surface area contributed by atoms with E-state index in [9.17, 15) is 53.2 Å². The normalized spacial score (nSPS) is 32.1. The van der Waals surface area contributed by atoms with E-state index in [1.165, 1.54) is 17.2 Å². The number of carbonyl (C=O) groups is 7. The van der Waals surface area contributed by atoms with Crippen LogP contribution in [0.4, 0.5) is 5.82 Å². The number of amides is 7. The molecule has 6 aliphatic rings. The Balaban J connectivity index is 1.19. The molecule has 7 amide bonds. The number of primary amides is 6. The number of anilines is 1. The average Bonchev–Trinajstić information content (AvgIpc) is 1.55. The number of phosphoric acid groups is 1. The number of carbonyl (C=O) groups excluding carboxylic acids is 7. The van der Waals surface area contributed by atoms with Crippen molar-refractivity contribution in [3.05, 3.63) is 47.0 Å². The minimum absolute atomic E-state index is 0.00304. The molecule has 0 spiro atoms. The third-order valence-corrected chi connectivity index (χ3v) is 20.6. The second kappa shape index (κ2) is 24.9. The van der Waals surface area contributed by atoms with Crippen molar-refractivity contribution in [2.24, 2.45) is 94.7 Å². The molecule has 88 heavy (non-hydrogen) atoms. The first-order valence-corrected chi connectivity index (χ1v) is 30.7. The number of hydrogen-bond acceptors (Lipinski definition) is 21. The van der Waals surface area contributed by atoms with Gasteiger partial charge in [-0.3, -0.25) is 62.2 Å². The molecular formula is C57H83N16O14P. The number of nitrogens with one attached hydrogen (secondary N) is 2. The summed E-state index contributed by atoms with van der Waals surface area (Å²) in [4.78, 5) is 133. The summed E-state index contributed by atoms with van der Waals surface area (Å²) >= 11 is 0. The van der Waals surface area contributed by atoms with E-state index < -0.39 is 144 Å². The predicted molar refractivity (Wildman–Crippen MR) is 320 cm³/mol. The molecule has 8 rings (SSSR count). The smallest absolute Gasteiger partial charge is 0.394 e. The molecule has 2 aromatic heterocycles. The lowest BCUT2D eigenvalue weighted by atomic mass is 9.55. The number of hydrogen-bond donors (Lipinski definition) is 12. The number of ether oxygens (including phenoxy) is 1. The zero-order valence-electron chi connectivity index (χ0n) is 50.8. The lowest BCUT2D eigenvalue weighted by Gasteiger charge is -2.48. The molecule has 2 aromatic rings. The molecule has 2 fully saturated rings. The van der Waals surface area contributed by atoms with Gasteiger partial charge in [0.05, 0.1) is 24.8 Å². The second-order valence-electron chi connectivity index (χ2n) is 25.6. The van der Waals surface area contributed by atoms with Crippen molar-refractivity contribution in [3.8, 4) is 0 Å². The number of phosphoric ester groups is 1. The van der Waals surface area contributed by atoms with Gasteiger partial charge >= 0.3 is 7.82 Å². The van der Waals surface area contributed by atoms with Gasteiger partial charge in [-0.2, -0.15) is 0 Å². The van der Waals surface area contributed by atoms with Gasteiger partial charge in [0, 0.05) is 131 Å². The molecule has 2 saturated heterocycles. The Morgan fingerprint density at radius 3 is 2.03 bits per heavy atom. The molecule has 19 N–H and O–H groups in total.